The normalized spacial score (nSPS) is 24.7. The Hall–Kier alpha value is -1.95. The van der Waals surface area contributed by atoms with Crippen LogP contribution < -0.4 is 5.32 Å². The molecule has 2 amide bonds. The monoisotopic (exact) mass is 443 g/mol. The molecule has 32 heavy (non-hydrogen) atoms. The number of hydrogen-bond donors (Lipinski definition) is 1. The summed E-state index contributed by atoms with van der Waals surface area (Å²) in [6, 6.07) is 6.50. The van der Waals surface area contributed by atoms with Crippen LogP contribution in [0.2, 0.25) is 0 Å². The highest BCUT2D eigenvalue weighted by atomic mass is 19.1. The molecule has 1 N–H and O–H groups in total. The Morgan fingerprint density at radius 3 is 2.50 bits per heavy atom. The van der Waals surface area contributed by atoms with Gasteiger partial charge in [-0.15, -0.1) is 0 Å². The van der Waals surface area contributed by atoms with Gasteiger partial charge >= 0.3 is 0 Å². The predicted octanol–water partition coefficient (Wildman–Crippen LogP) is 4.26. The van der Waals surface area contributed by atoms with Crippen molar-refractivity contribution in [1.82, 2.24) is 15.1 Å². The van der Waals surface area contributed by atoms with E-state index >= 15 is 0 Å². The van der Waals surface area contributed by atoms with Crippen LogP contribution in [-0.2, 0) is 16.1 Å². The van der Waals surface area contributed by atoms with E-state index in [1.54, 1.807) is 6.07 Å². The van der Waals surface area contributed by atoms with Crippen molar-refractivity contribution in [3.63, 3.8) is 0 Å². The van der Waals surface area contributed by atoms with Crippen molar-refractivity contribution >= 4 is 11.8 Å². The summed E-state index contributed by atoms with van der Waals surface area (Å²) in [7, 11) is 0. The first-order valence-corrected chi connectivity index (χ1v) is 12.6. The second-order valence-corrected chi connectivity index (χ2v) is 10.0. The number of nitrogens with zero attached hydrogens (tertiary/aromatic N) is 2. The molecule has 4 rings (SSSR count). The lowest BCUT2D eigenvalue weighted by Gasteiger charge is -2.52. The van der Waals surface area contributed by atoms with Gasteiger partial charge in [0.2, 0.25) is 11.8 Å². The molecule has 0 bridgehead atoms. The van der Waals surface area contributed by atoms with E-state index in [0.717, 1.165) is 19.3 Å². The molecule has 3 aliphatic rings. The first kappa shape index (κ1) is 23.2. The molecule has 2 saturated heterocycles. The Bertz CT molecular complexity index is 800. The third kappa shape index (κ3) is 4.85. The second kappa shape index (κ2) is 10.3. The standard InChI is InChI=1S/C26H38FN3O2/c1-2-3-15-30-24(31)23(18-20-9-5-4-6-10-20)28-25(32)26(30)13-16-29(17-14-26)19-21-11-7-8-12-22(21)27/h7-8,11-12,20,23H,2-6,9-10,13-19H2,1H3,(H,28,32). The van der Waals surface area contributed by atoms with Gasteiger partial charge in [-0.05, 0) is 37.7 Å². The molecule has 176 valence electrons. The maximum Gasteiger partial charge on any atom is 0.246 e. The fourth-order valence-electron chi connectivity index (χ4n) is 5.88. The van der Waals surface area contributed by atoms with Crippen LogP contribution in [0.25, 0.3) is 0 Å². The average molecular weight is 444 g/mol. The van der Waals surface area contributed by atoms with Crippen molar-refractivity contribution in [2.45, 2.75) is 89.3 Å². The van der Waals surface area contributed by atoms with Gasteiger partial charge in [0.15, 0.2) is 0 Å². The summed E-state index contributed by atoms with van der Waals surface area (Å²) in [5.41, 5.74) is -0.0656. The average Bonchev–Trinajstić information content (AvgIpc) is 2.81. The van der Waals surface area contributed by atoms with E-state index in [4.69, 9.17) is 0 Å². The van der Waals surface area contributed by atoms with Gasteiger partial charge in [0.1, 0.15) is 17.4 Å². The van der Waals surface area contributed by atoms with E-state index in [1.807, 2.05) is 17.0 Å². The summed E-state index contributed by atoms with van der Waals surface area (Å²) in [6.45, 7) is 4.68. The number of piperidine rings is 1. The lowest BCUT2D eigenvalue weighted by molar-refractivity contribution is -0.162. The van der Waals surface area contributed by atoms with E-state index in [9.17, 15) is 14.0 Å². The van der Waals surface area contributed by atoms with Crippen molar-refractivity contribution in [3.8, 4) is 0 Å². The van der Waals surface area contributed by atoms with E-state index in [2.05, 4.69) is 17.1 Å². The Morgan fingerprint density at radius 1 is 1.09 bits per heavy atom. The lowest BCUT2D eigenvalue weighted by Crippen LogP contribution is -2.73. The Kier molecular flexibility index (Phi) is 7.49. The number of carbonyl (C=O) groups is 2. The van der Waals surface area contributed by atoms with Gasteiger partial charge < -0.3 is 10.2 Å². The fourth-order valence-corrected chi connectivity index (χ4v) is 5.88. The number of benzene rings is 1. The van der Waals surface area contributed by atoms with Crippen LogP contribution in [0, 0.1) is 11.7 Å². The van der Waals surface area contributed by atoms with Crippen LogP contribution in [0.1, 0.15) is 76.7 Å². The summed E-state index contributed by atoms with van der Waals surface area (Å²) in [6.07, 6.45) is 10.0. The zero-order valence-corrected chi connectivity index (χ0v) is 19.5. The molecule has 1 saturated carbocycles. The summed E-state index contributed by atoms with van der Waals surface area (Å²) >= 11 is 0. The van der Waals surface area contributed by atoms with Crippen LogP contribution in [0.4, 0.5) is 4.39 Å². The van der Waals surface area contributed by atoms with Gasteiger partial charge in [-0.3, -0.25) is 14.5 Å². The molecular weight excluding hydrogens is 405 g/mol. The maximum atomic E-state index is 14.1. The quantitative estimate of drug-likeness (QED) is 0.685. The number of likely N-dealkylation sites (tertiary alicyclic amines) is 1. The van der Waals surface area contributed by atoms with Crippen molar-refractivity contribution in [1.29, 1.82) is 0 Å². The topological polar surface area (TPSA) is 52.7 Å². The Morgan fingerprint density at radius 2 is 1.81 bits per heavy atom. The van der Waals surface area contributed by atoms with E-state index in [1.165, 1.54) is 38.2 Å². The van der Waals surface area contributed by atoms with Crippen LogP contribution in [0.3, 0.4) is 0 Å². The smallest absolute Gasteiger partial charge is 0.246 e. The molecule has 1 spiro atoms. The van der Waals surface area contributed by atoms with Gasteiger partial charge in [-0.2, -0.15) is 0 Å². The minimum atomic E-state index is -0.749. The van der Waals surface area contributed by atoms with Crippen molar-refractivity contribution in [2.24, 2.45) is 5.92 Å². The number of piperazine rings is 1. The first-order chi connectivity index (χ1) is 15.5. The zero-order chi connectivity index (χ0) is 22.6. The summed E-state index contributed by atoms with van der Waals surface area (Å²) < 4.78 is 14.1. The van der Waals surface area contributed by atoms with E-state index in [-0.39, 0.29) is 23.7 Å². The number of amides is 2. The van der Waals surface area contributed by atoms with Gasteiger partial charge in [0, 0.05) is 31.7 Å². The molecule has 5 nitrogen and oxygen atoms in total. The predicted molar refractivity (Wildman–Crippen MR) is 123 cm³/mol. The lowest BCUT2D eigenvalue weighted by atomic mass is 9.79. The maximum absolute atomic E-state index is 14.1. The van der Waals surface area contributed by atoms with Gasteiger partial charge in [0.05, 0.1) is 0 Å². The number of unbranched alkanes of at least 4 members (excludes halogenated alkanes) is 1. The van der Waals surface area contributed by atoms with Crippen LogP contribution in [0.5, 0.6) is 0 Å². The van der Waals surface area contributed by atoms with Gasteiger partial charge in [-0.1, -0.05) is 63.6 Å². The Labute approximate surface area is 191 Å². The number of carbonyl (C=O) groups excluding carboxylic acids is 2. The summed E-state index contributed by atoms with van der Waals surface area (Å²) in [4.78, 5) is 31.2. The minimum absolute atomic E-state index is 0.0274. The highest BCUT2D eigenvalue weighted by Gasteiger charge is 2.53. The molecule has 1 aromatic carbocycles. The Balaban J connectivity index is 1.45. The molecule has 0 aromatic heterocycles. The fraction of sp³-hybridized carbons (Fsp3) is 0.692. The molecule has 2 heterocycles. The molecule has 6 heteroatoms. The van der Waals surface area contributed by atoms with Crippen molar-refractivity contribution < 1.29 is 14.0 Å². The third-order valence-electron chi connectivity index (χ3n) is 7.87. The molecule has 0 radical (unpaired) electrons. The van der Waals surface area contributed by atoms with E-state index < -0.39 is 5.54 Å². The number of nitrogens with one attached hydrogen (secondary N) is 1. The van der Waals surface area contributed by atoms with Crippen molar-refractivity contribution in [2.75, 3.05) is 19.6 Å². The van der Waals surface area contributed by atoms with Crippen LogP contribution >= 0.6 is 0 Å². The highest BCUT2D eigenvalue weighted by molar-refractivity contribution is 6.00. The number of hydrogen-bond acceptors (Lipinski definition) is 3. The minimum Gasteiger partial charge on any atom is -0.342 e. The van der Waals surface area contributed by atoms with Crippen molar-refractivity contribution in [3.05, 3.63) is 35.6 Å². The molecule has 1 atom stereocenters. The second-order valence-electron chi connectivity index (χ2n) is 10.0. The van der Waals surface area contributed by atoms with E-state index in [0.29, 0.717) is 50.5 Å². The number of rotatable bonds is 7. The summed E-state index contributed by atoms with van der Waals surface area (Å²) in [5.74, 6) is 0.502. The van der Waals surface area contributed by atoms with Crippen LogP contribution in [-0.4, -0.2) is 52.8 Å². The van der Waals surface area contributed by atoms with Gasteiger partial charge in [-0.25, -0.2) is 4.39 Å². The summed E-state index contributed by atoms with van der Waals surface area (Å²) in [5, 5.41) is 3.15. The first-order valence-electron chi connectivity index (χ1n) is 12.6. The molecular formula is C26H38FN3O2. The molecule has 3 fully saturated rings. The zero-order valence-electron chi connectivity index (χ0n) is 19.5. The molecule has 1 unspecified atom stereocenters. The molecule has 2 aliphatic heterocycles. The molecule has 1 aromatic rings. The largest absolute Gasteiger partial charge is 0.342 e. The highest BCUT2D eigenvalue weighted by Crippen LogP contribution is 2.36. The van der Waals surface area contributed by atoms with Crippen LogP contribution in [0.15, 0.2) is 24.3 Å². The SMILES string of the molecule is CCCCN1C(=O)C(CC2CCCCC2)NC(=O)C12CCN(Cc1ccccc1F)CC2. The third-order valence-corrected chi connectivity index (χ3v) is 7.87. The van der Waals surface area contributed by atoms with Gasteiger partial charge in [0.25, 0.3) is 0 Å². The number of halogens is 1. The molecule has 1 aliphatic carbocycles.